The van der Waals surface area contributed by atoms with Crippen LogP contribution in [-0.2, 0) is 6.54 Å². The number of rotatable bonds is 3. The van der Waals surface area contributed by atoms with Crippen molar-refractivity contribution >= 4 is 0 Å². The van der Waals surface area contributed by atoms with Gasteiger partial charge in [-0.25, -0.2) is 0 Å². The molecule has 0 bridgehead atoms. The van der Waals surface area contributed by atoms with E-state index < -0.39 is 0 Å². The minimum absolute atomic E-state index is 0.585. The Hall–Kier alpha value is -0.860. The zero-order valence-corrected chi connectivity index (χ0v) is 10.4. The number of hydrogen-bond acceptors (Lipinski definition) is 2. The Morgan fingerprint density at radius 2 is 1.94 bits per heavy atom. The summed E-state index contributed by atoms with van der Waals surface area (Å²) in [5, 5.41) is 3.59. The lowest BCUT2D eigenvalue weighted by Gasteiger charge is -2.24. The lowest BCUT2D eigenvalue weighted by atomic mass is 9.97. The highest BCUT2D eigenvalue weighted by Gasteiger charge is 2.13. The van der Waals surface area contributed by atoms with Crippen molar-refractivity contribution in [2.45, 2.75) is 31.8 Å². The third-order valence-corrected chi connectivity index (χ3v) is 3.19. The van der Waals surface area contributed by atoms with Crippen molar-refractivity contribution in [3.05, 3.63) is 35.4 Å². The van der Waals surface area contributed by atoms with Crippen LogP contribution < -0.4 is 5.32 Å². The van der Waals surface area contributed by atoms with Crippen LogP contribution in [0.3, 0.4) is 0 Å². The van der Waals surface area contributed by atoms with E-state index in [4.69, 9.17) is 0 Å². The van der Waals surface area contributed by atoms with Gasteiger partial charge in [-0.05, 0) is 44.6 Å². The van der Waals surface area contributed by atoms with Gasteiger partial charge in [0.15, 0.2) is 0 Å². The van der Waals surface area contributed by atoms with Gasteiger partial charge in [-0.3, -0.25) is 0 Å². The number of nitrogens with zero attached hydrogens (tertiary/aromatic N) is 1. The molecular formula is C14H22N2. The third kappa shape index (κ3) is 3.06. The maximum Gasteiger partial charge on any atom is 0.0320 e. The SMILES string of the molecule is CN(C)Cc1ccc([C@H]2CCCCN2)cc1. The van der Waals surface area contributed by atoms with Crippen molar-refractivity contribution in [2.75, 3.05) is 20.6 Å². The van der Waals surface area contributed by atoms with E-state index in [1.54, 1.807) is 0 Å². The molecule has 0 saturated carbocycles. The third-order valence-electron chi connectivity index (χ3n) is 3.19. The van der Waals surface area contributed by atoms with Gasteiger partial charge in [0.05, 0.1) is 0 Å². The first kappa shape index (κ1) is 11.6. The van der Waals surface area contributed by atoms with Crippen LogP contribution in [0.1, 0.15) is 36.4 Å². The molecule has 88 valence electrons. The summed E-state index contributed by atoms with van der Waals surface area (Å²) in [5.41, 5.74) is 2.84. The van der Waals surface area contributed by atoms with E-state index in [1.165, 1.54) is 36.9 Å². The van der Waals surface area contributed by atoms with Gasteiger partial charge in [0.25, 0.3) is 0 Å². The largest absolute Gasteiger partial charge is 0.310 e. The molecule has 0 unspecified atom stereocenters. The molecule has 1 N–H and O–H groups in total. The molecule has 16 heavy (non-hydrogen) atoms. The van der Waals surface area contributed by atoms with Gasteiger partial charge in [-0.1, -0.05) is 30.7 Å². The van der Waals surface area contributed by atoms with E-state index in [-0.39, 0.29) is 0 Å². The molecule has 0 spiro atoms. The Morgan fingerprint density at radius 1 is 1.19 bits per heavy atom. The summed E-state index contributed by atoms with van der Waals surface area (Å²) in [4.78, 5) is 2.20. The van der Waals surface area contributed by atoms with E-state index in [0.29, 0.717) is 6.04 Å². The highest BCUT2D eigenvalue weighted by Crippen LogP contribution is 2.23. The van der Waals surface area contributed by atoms with Crippen LogP contribution in [0.15, 0.2) is 24.3 Å². The lowest BCUT2D eigenvalue weighted by molar-refractivity contribution is 0.401. The first-order chi connectivity index (χ1) is 7.75. The van der Waals surface area contributed by atoms with Crippen LogP contribution in [0.5, 0.6) is 0 Å². The normalized spacial score (nSPS) is 21.3. The molecular weight excluding hydrogens is 196 g/mol. The average Bonchev–Trinajstić information content (AvgIpc) is 2.30. The van der Waals surface area contributed by atoms with Crippen LogP contribution in [0.2, 0.25) is 0 Å². The van der Waals surface area contributed by atoms with Crippen LogP contribution in [0, 0.1) is 0 Å². The highest BCUT2D eigenvalue weighted by molar-refractivity contribution is 5.25. The summed E-state index contributed by atoms with van der Waals surface area (Å²) in [6, 6.07) is 9.66. The topological polar surface area (TPSA) is 15.3 Å². The fourth-order valence-electron chi connectivity index (χ4n) is 2.36. The Balaban J connectivity index is 2.00. The summed E-state index contributed by atoms with van der Waals surface area (Å²) in [6.45, 7) is 2.20. The molecule has 1 aliphatic rings. The molecule has 1 fully saturated rings. The van der Waals surface area contributed by atoms with Crippen molar-refractivity contribution in [1.82, 2.24) is 10.2 Å². The quantitative estimate of drug-likeness (QED) is 0.839. The Bertz CT molecular complexity index is 310. The minimum atomic E-state index is 0.585. The number of hydrogen-bond donors (Lipinski definition) is 1. The smallest absolute Gasteiger partial charge is 0.0320 e. The number of benzene rings is 1. The molecule has 1 saturated heterocycles. The Kier molecular flexibility index (Phi) is 3.97. The zero-order valence-electron chi connectivity index (χ0n) is 10.4. The number of piperidine rings is 1. The van der Waals surface area contributed by atoms with E-state index in [9.17, 15) is 0 Å². The maximum atomic E-state index is 3.59. The predicted molar refractivity (Wildman–Crippen MR) is 68.4 cm³/mol. The fraction of sp³-hybridized carbons (Fsp3) is 0.571. The first-order valence-electron chi connectivity index (χ1n) is 6.22. The molecule has 1 heterocycles. The molecule has 0 aromatic heterocycles. The second-order valence-corrected chi connectivity index (χ2v) is 4.98. The first-order valence-corrected chi connectivity index (χ1v) is 6.22. The molecule has 1 atom stereocenters. The second-order valence-electron chi connectivity index (χ2n) is 4.98. The van der Waals surface area contributed by atoms with Gasteiger partial charge in [-0.2, -0.15) is 0 Å². The number of nitrogens with one attached hydrogen (secondary N) is 1. The van der Waals surface area contributed by atoms with Gasteiger partial charge < -0.3 is 10.2 Å². The second kappa shape index (κ2) is 5.46. The van der Waals surface area contributed by atoms with Gasteiger partial charge in [-0.15, -0.1) is 0 Å². The van der Waals surface area contributed by atoms with E-state index in [0.717, 1.165) is 6.54 Å². The van der Waals surface area contributed by atoms with Crippen LogP contribution >= 0.6 is 0 Å². The van der Waals surface area contributed by atoms with Crippen molar-refractivity contribution in [3.63, 3.8) is 0 Å². The monoisotopic (exact) mass is 218 g/mol. The summed E-state index contributed by atoms with van der Waals surface area (Å²) >= 11 is 0. The molecule has 2 rings (SSSR count). The fourth-order valence-corrected chi connectivity index (χ4v) is 2.36. The molecule has 0 amide bonds. The van der Waals surface area contributed by atoms with Gasteiger partial charge >= 0.3 is 0 Å². The molecule has 0 radical (unpaired) electrons. The molecule has 2 heteroatoms. The summed E-state index contributed by atoms with van der Waals surface area (Å²) in [6.07, 6.45) is 3.97. The molecule has 0 aliphatic carbocycles. The van der Waals surface area contributed by atoms with Crippen molar-refractivity contribution in [1.29, 1.82) is 0 Å². The molecule has 1 aromatic carbocycles. The maximum absolute atomic E-state index is 3.59. The average molecular weight is 218 g/mol. The Labute approximate surface area is 98.7 Å². The van der Waals surface area contributed by atoms with Crippen molar-refractivity contribution in [2.24, 2.45) is 0 Å². The molecule has 1 aromatic rings. The van der Waals surface area contributed by atoms with E-state index in [2.05, 4.69) is 48.6 Å². The standard InChI is InChI=1S/C14H22N2/c1-16(2)11-12-6-8-13(9-7-12)14-5-3-4-10-15-14/h6-9,14-15H,3-5,10-11H2,1-2H3/t14-/m1/s1. The zero-order chi connectivity index (χ0) is 11.4. The molecule has 1 aliphatic heterocycles. The lowest BCUT2D eigenvalue weighted by Crippen LogP contribution is -2.26. The summed E-state index contributed by atoms with van der Waals surface area (Å²) in [7, 11) is 4.22. The van der Waals surface area contributed by atoms with Crippen LogP contribution in [-0.4, -0.2) is 25.5 Å². The van der Waals surface area contributed by atoms with Gasteiger partial charge in [0, 0.05) is 12.6 Å². The minimum Gasteiger partial charge on any atom is -0.310 e. The van der Waals surface area contributed by atoms with Crippen LogP contribution in [0.25, 0.3) is 0 Å². The van der Waals surface area contributed by atoms with E-state index >= 15 is 0 Å². The predicted octanol–water partition coefficient (Wildman–Crippen LogP) is 2.56. The Morgan fingerprint density at radius 3 is 2.50 bits per heavy atom. The summed E-state index contributed by atoms with van der Waals surface area (Å²) < 4.78 is 0. The van der Waals surface area contributed by atoms with Crippen molar-refractivity contribution in [3.8, 4) is 0 Å². The van der Waals surface area contributed by atoms with Crippen LogP contribution in [0.4, 0.5) is 0 Å². The summed E-state index contributed by atoms with van der Waals surface area (Å²) in [5.74, 6) is 0. The van der Waals surface area contributed by atoms with Gasteiger partial charge in [0.2, 0.25) is 0 Å². The molecule has 2 nitrogen and oxygen atoms in total. The highest BCUT2D eigenvalue weighted by atomic mass is 15.0. The van der Waals surface area contributed by atoms with Gasteiger partial charge in [0.1, 0.15) is 0 Å². The van der Waals surface area contributed by atoms with Crippen molar-refractivity contribution < 1.29 is 0 Å². The van der Waals surface area contributed by atoms with E-state index in [1.807, 2.05) is 0 Å².